The molecule has 1 heterocycles. The van der Waals surface area contributed by atoms with Crippen LogP contribution in [0.1, 0.15) is 39.5 Å². The van der Waals surface area contributed by atoms with E-state index in [2.05, 4.69) is 37.7 Å². The van der Waals surface area contributed by atoms with Crippen LogP contribution in [0.4, 0.5) is 0 Å². The van der Waals surface area contributed by atoms with Crippen molar-refractivity contribution >= 4 is 0 Å². The first kappa shape index (κ1) is 14.9. The Bertz CT molecular complexity index is 208. The molecule has 0 amide bonds. The van der Waals surface area contributed by atoms with Crippen molar-refractivity contribution in [3.05, 3.63) is 0 Å². The summed E-state index contributed by atoms with van der Waals surface area (Å²) in [5, 5.41) is 0. The number of nitrogens with zero attached hydrogens (tertiary/aromatic N) is 2. The van der Waals surface area contributed by atoms with Crippen molar-refractivity contribution < 1.29 is 0 Å². The summed E-state index contributed by atoms with van der Waals surface area (Å²) in [6.45, 7) is 8.11. The van der Waals surface area contributed by atoms with Gasteiger partial charge in [0.25, 0.3) is 0 Å². The molecule has 1 rings (SSSR count). The SMILES string of the molecule is CCCC(C)CC(N)C1CN(C)CCCN1C. The van der Waals surface area contributed by atoms with Gasteiger partial charge in [-0.05, 0) is 45.9 Å². The van der Waals surface area contributed by atoms with Gasteiger partial charge in [0.15, 0.2) is 0 Å². The molecule has 2 N–H and O–H groups in total. The van der Waals surface area contributed by atoms with Crippen LogP contribution in [0.2, 0.25) is 0 Å². The second kappa shape index (κ2) is 7.34. The average Bonchev–Trinajstić information content (AvgIpc) is 2.41. The standard InChI is InChI=1S/C14H31N3/c1-5-7-12(2)10-13(15)14-11-16(3)8-6-9-17(14)4/h12-14H,5-11,15H2,1-4H3. The third kappa shape index (κ3) is 4.94. The molecule has 0 aromatic rings. The Labute approximate surface area is 107 Å². The van der Waals surface area contributed by atoms with Gasteiger partial charge in [-0.3, -0.25) is 0 Å². The summed E-state index contributed by atoms with van der Waals surface area (Å²) in [6, 6.07) is 0.851. The van der Waals surface area contributed by atoms with Gasteiger partial charge in [0.05, 0.1) is 0 Å². The lowest BCUT2D eigenvalue weighted by atomic mass is 9.93. The lowest BCUT2D eigenvalue weighted by molar-refractivity contribution is 0.181. The molecular weight excluding hydrogens is 210 g/mol. The van der Waals surface area contributed by atoms with Gasteiger partial charge >= 0.3 is 0 Å². The van der Waals surface area contributed by atoms with Crippen LogP contribution in [-0.4, -0.2) is 55.6 Å². The largest absolute Gasteiger partial charge is 0.326 e. The fraction of sp³-hybridized carbons (Fsp3) is 1.00. The van der Waals surface area contributed by atoms with Crippen LogP contribution in [-0.2, 0) is 0 Å². The molecular formula is C14H31N3. The normalized spacial score (nSPS) is 27.7. The van der Waals surface area contributed by atoms with Crippen LogP contribution in [0.3, 0.4) is 0 Å². The highest BCUT2D eigenvalue weighted by molar-refractivity contribution is 4.86. The summed E-state index contributed by atoms with van der Waals surface area (Å²) in [6.07, 6.45) is 5.01. The maximum Gasteiger partial charge on any atom is 0.0371 e. The molecule has 1 aliphatic rings. The molecule has 1 saturated heterocycles. The smallest absolute Gasteiger partial charge is 0.0371 e. The fourth-order valence-electron chi connectivity index (χ4n) is 3.00. The van der Waals surface area contributed by atoms with E-state index < -0.39 is 0 Å². The molecule has 3 heteroatoms. The first-order valence-electron chi connectivity index (χ1n) is 7.19. The molecule has 0 saturated carbocycles. The Hall–Kier alpha value is -0.120. The average molecular weight is 241 g/mol. The third-order valence-electron chi connectivity index (χ3n) is 4.07. The molecule has 3 atom stereocenters. The van der Waals surface area contributed by atoms with Gasteiger partial charge in [0.2, 0.25) is 0 Å². The molecule has 0 radical (unpaired) electrons. The van der Waals surface area contributed by atoms with Crippen LogP contribution in [0.25, 0.3) is 0 Å². The predicted molar refractivity (Wildman–Crippen MR) is 75.2 cm³/mol. The van der Waals surface area contributed by atoms with Gasteiger partial charge < -0.3 is 15.5 Å². The zero-order valence-electron chi connectivity index (χ0n) is 12.2. The molecule has 1 aliphatic heterocycles. The fourth-order valence-corrected chi connectivity index (χ4v) is 3.00. The molecule has 3 nitrogen and oxygen atoms in total. The Morgan fingerprint density at radius 1 is 1.29 bits per heavy atom. The quantitative estimate of drug-likeness (QED) is 0.796. The minimum Gasteiger partial charge on any atom is -0.326 e. The van der Waals surface area contributed by atoms with Crippen LogP contribution in [0.5, 0.6) is 0 Å². The molecule has 1 fully saturated rings. The van der Waals surface area contributed by atoms with E-state index in [4.69, 9.17) is 5.73 Å². The summed E-state index contributed by atoms with van der Waals surface area (Å²) in [5.74, 6) is 0.761. The summed E-state index contributed by atoms with van der Waals surface area (Å²) in [7, 11) is 4.45. The lowest BCUT2D eigenvalue weighted by Crippen LogP contribution is -2.50. The number of hydrogen-bond acceptors (Lipinski definition) is 3. The van der Waals surface area contributed by atoms with Gasteiger partial charge in [-0.1, -0.05) is 26.7 Å². The summed E-state index contributed by atoms with van der Waals surface area (Å²) in [4.78, 5) is 4.89. The zero-order valence-corrected chi connectivity index (χ0v) is 12.2. The Balaban J connectivity index is 2.49. The van der Waals surface area contributed by atoms with Gasteiger partial charge in [0, 0.05) is 18.6 Å². The van der Waals surface area contributed by atoms with E-state index in [-0.39, 0.29) is 0 Å². The minimum atomic E-state index is 0.321. The highest BCUT2D eigenvalue weighted by Crippen LogP contribution is 2.17. The van der Waals surface area contributed by atoms with Crippen molar-refractivity contribution in [2.24, 2.45) is 11.7 Å². The van der Waals surface area contributed by atoms with Crippen molar-refractivity contribution in [3.63, 3.8) is 0 Å². The van der Waals surface area contributed by atoms with Crippen molar-refractivity contribution in [2.75, 3.05) is 33.7 Å². The van der Waals surface area contributed by atoms with E-state index in [0.29, 0.717) is 12.1 Å². The number of hydrogen-bond donors (Lipinski definition) is 1. The lowest BCUT2D eigenvalue weighted by Gasteiger charge is -2.33. The van der Waals surface area contributed by atoms with Crippen molar-refractivity contribution in [3.8, 4) is 0 Å². The van der Waals surface area contributed by atoms with Gasteiger partial charge in [-0.25, -0.2) is 0 Å². The summed E-state index contributed by atoms with van der Waals surface area (Å²) in [5.41, 5.74) is 6.43. The van der Waals surface area contributed by atoms with Crippen LogP contribution < -0.4 is 5.73 Å². The highest BCUT2D eigenvalue weighted by atomic mass is 15.2. The molecule has 0 aromatic carbocycles. The molecule has 102 valence electrons. The predicted octanol–water partition coefficient (Wildman–Crippen LogP) is 1.78. The van der Waals surface area contributed by atoms with Gasteiger partial charge in [0.1, 0.15) is 0 Å². The maximum absolute atomic E-state index is 6.43. The van der Waals surface area contributed by atoms with E-state index in [1.807, 2.05) is 0 Å². The van der Waals surface area contributed by atoms with Crippen molar-refractivity contribution in [2.45, 2.75) is 51.6 Å². The minimum absolute atomic E-state index is 0.321. The van der Waals surface area contributed by atoms with E-state index in [0.717, 1.165) is 18.9 Å². The summed E-state index contributed by atoms with van der Waals surface area (Å²) < 4.78 is 0. The molecule has 17 heavy (non-hydrogen) atoms. The monoisotopic (exact) mass is 241 g/mol. The Kier molecular flexibility index (Phi) is 6.45. The second-order valence-electron chi connectivity index (χ2n) is 5.96. The first-order chi connectivity index (χ1) is 8.04. The number of nitrogens with two attached hydrogens (primary N) is 1. The van der Waals surface area contributed by atoms with Gasteiger partial charge in [-0.15, -0.1) is 0 Å². The summed E-state index contributed by atoms with van der Waals surface area (Å²) >= 11 is 0. The molecule has 0 bridgehead atoms. The Morgan fingerprint density at radius 3 is 2.65 bits per heavy atom. The van der Waals surface area contributed by atoms with Crippen molar-refractivity contribution in [1.82, 2.24) is 9.80 Å². The van der Waals surface area contributed by atoms with E-state index in [1.165, 1.54) is 32.4 Å². The Morgan fingerprint density at radius 2 is 2.00 bits per heavy atom. The van der Waals surface area contributed by atoms with Crippen LogP contribution in [0, 0.1) is 5.92 Å². The zero-order chi connectivity index (χ0) is 12.8. The molecule has 0 spiro atoms. The molecule has 3 unspecified atom stereocenters. The van der Waals surface area contributed by atoms with E-state index in [9.17, 15) is 0 Å². The first-order valence-corrected chi connectivity index (χ1v) is 7.19. The van der Waals surface area contributed by atoms with Crippen molar-refractivity contribution in [1.29, 1.82) is 0 Å². The number of likely N-dealkylation sites (N-methyl/N-ethyl adjacent to an activating group) is 2. The maximum atomic E-state index is 6.43. The highest BCUT2D eigenvalue weighted by Gasteiger charge is 2.26. The topological polar surface area (TPSA) is 32.5 Å². The second-order valence-corrected chi connectivity index (χ2v) is 5.96. The number of rotatable bonds is 5. The third-order valence-corrected chi connectivity index (χ3v) is 4.07. The van der Waals surface area contributed by atoms with Crippen LogP contribution in [0.15, 0.2) is 0 Å². The molecule has 0 aromatic heterocycles. The van der Waals surface area contributed by atoms with E-state index in [1.54, 1.807) is 0 Å². The van der Waals surface area contributed by atoms with Gasteiger partial charge in [-0.2, -0.15) is 0 Å². The van der Waals surface area contributed by atoms with Crippen LogP contribution >= 0.6 is 0 Å². The van der Waals surface area contributed by atoms with E-state index >= 15 is 0 Å². The molecule has 0 aliphatic carbocycles.